The normalized spacial score (nSPS) is 15.6. The minimum absolute atomic E-state index is 0.0866. The van der Waals surface area contributed by atoms with E-state index in [4.69, 9.17) is 0 Å². The highest BCUT2D eigenvalue weighted by atomic mass is 16.2. The van der Waals surface area contributed by atoms with Crippen LogP contribution in [0.2, 0.25) is 0 Å². The molecule has 1 aromatic rings. The molecule has 1 aromatic carbocycles. The molecule has 1 aliphatic carbocycles. The van der Waals surface area contributed by atoms with Gasteiger partial charge in [-0.3, -0.25) is 9.59 Å². The van der Waals surface area contributed by atoms with Crippen LogP contribution >= 0.6 is 0 Å². The summed E-state index contributed by atoms with van der Waals surface area (Å²) in [5, 5.41) is 0. The van der Waals surface area contributed by atoms with Crippen molar-refractivity contribution in [3.63, 3.8) is 0 Å². The molecular formula is C20H30N2O2. The monoisotopic (exact) mass is 330 g/mol. The number of anilines is 1. The predicted octanol–water partition coefficient (Wildman–Crippen LogP) is 4.00. The number of nitrogens with zero attached hydrogens (tertiary/aromatic N) is 2. The van der Waals surface area contributed by atoms with Crippen molar-refractivity contribution in [2.45, 2.75) is 64.8 Å². The molecule has 1 aliphatic rings. The third-order valence-electron chi connectivity index (χ3n) is 4.92. The van der Waals surface area contributed by atoms with E-state index in [1.165, 1.54) is 25.7 Å². The van der Waals surface area contributed by atoms with Crippen LogP contribution in [-0.4, -0.2) is 35.8 Å². The summed E-state index contributed by atoms with van der Waals surface area (Å²) in [4.78, 5) is 28.4. The summed E-state index contributed by atoms with van der Waals surface area (Å²) in [7, 11) is 0. The molecule has 0 aromatic heterocycles. The summed E-state index contributed by atoms with van der Waals surface area (Å²) in [6.07, 6.45) is 7.44. The van der Waals surface area contributed by atoms with Gasteiger partial charge in [-0.1, -0.05) is 43.9 Å². The summed E-state index contributed by atoms with van der Waals surface area (Å²) < 4.78 is 0. The average Bonchev–Trinajstić information content (AvgIpc) is 2.86. The van der Waals surface area contributed by atoms with Gasteiger partial charge in [0, 0.05) is 38.2 Å². The number of hydrogen-bond acceptors (Lipinski definition) is 2. The highest BCUT2D eigenvalue weighted by Gasteiger charge is 2.24. The first-order chi connectivity index (χ1) is 11.6. The summed E-state index contributed by atoms with van der Waals surface area (Å²) in [6, 6.07) is 10.1. The molecule has 0 unspecified atom stereocenters. The highest BCUT2D eigenvalue weighted by Crippen LogP contribution is 2.23. The van der Waals surface area contributed by atoms with Gasteiger partial charge in [0.2, 0.25) is 11.8 Å². The predicted molar refractivity (Wildman–Crippen MR) is 98.0 cm³/mol. The molecule has 4 nitrogen and oxygen atoms in total. The van der Waals surface area contributed by atoms with Crippen LogP contribution in [0.1, 0.15) is 58.8 Å². The van der Waals surface area contributed by atoms with Gasteiger partial charge in [0.25, 0.3) is 0 Å². The molecule has 0 radical (unpaired) electrons. The standard InChI is InChI=1S/C20H30N2O2/c1-3-21(18-11-9-6-10-12-18)20(24)15-16-22(17(2)23)19-13-7-4-5-8-14-19/h6,9-12,19H,3-5,7-8,13-16H2,1-2H3. The number of amides is 2. The van der Waals surface area contributed by atoms with Crippen molar-refractivity contribution in [2.75, 3.05) is 18.0 Å². The van der Waals surface area contributed by atoms with Crippen molar-refractivity contribution < 1.29 is 9.59 Å². The van der Waals surface area contributed by atoms with Gasteiger partial charge in [-0.2, -0.15) is 0 Å². The zero-order valence-corrected chi connectivity index (χ0v) is 15.0. The van der Waals surface area contributed by atoms with E-state index in [0.29, 0.717) is 25.6 Å². The smallest absolute Gasteiger partial charge is 0.228 e. The van der Waals surface area contributed by atoms with Crippen molar-refractivity contribution in [3.8, 4) is 0 Å². The second-order valence-electron chi connectivity index (χ2n) is 6.58. The lowest BCUT2D eigenvalue weighted by Crippen LogP contribution is -2.42. The fraction of sp³-hybridized carbons (Fsp3) is 0.600. The summed E-state index contributed by atoms with van der Waals surface area (Å²) in [6.45, 7) is 4.79. The lowest BCUT2D eigenvalue weighted by atomic mass is 10.1. The number of carbonyl (C=O) groups is 2. The van der Waals surface area contributed by atoms with E-state index in [9.17, 15) is 9.59 Å². The first kappa shape index (κ1) is 18.5. The van der Waals surface area contributed by atoms with Gasteiger partial charge >= 0.3 is 0 Å². The Morgan fingerprint density at radius 1 is 1.04 bits per heavy atom. The molecule has 0 heterocycles. The SMILES string of the molecule is CCN(C(=O)CCN(C(C)=O)C1CCCCCC1)c1ccccc1. The number of hydrogen-bond donors (Lipinski definition) is 0. The molecule has 0 atom stereocenters. The zero-order valence-electron chi connectivity index (χ0n) is 15.0. The van der Waals surface area contributed by atoms with Crippen molar-refractivity contribution in [2.24, 2.45) is 0 Å². The fourth-order valence-corrected chi connectivity index (χ4v) is 3.63. The van der Waals surface area contributed by atoms with E-state index in [2.05, 4.69) is 0 Å². The van der Waals surface area contributed by atoms with E-state index in [-0.39, 0.29) is 11.8 Å². The van der Waals surface area contributed by atoms with Crippen molar-refractivity contribution >= 4 is 17.5 Å². The van der Waals surface area contributed by atoms with E-state index in [1.54, 1.807) is 11.8 Å². The maximum atomic E-state index is 12.6. The Morgan fingerprint density at radius 3 is 2.21 bits per heavy atom. The van der Waals surface area contributed by atoms with Gasteiger partial charge in [-0.15, -0.1) is 0 Å². The Labute approximate surface area is 145 Å². The number of benzene rings is 1. The van der Waals surface area contributed by atoms with Gasteiger partial charge in [0.1, 0.15) is 0 Å². The van der Waals surface area contributed by atoms with Crippen LogP contribution in [0, 0.1) is 0 Å². The van der Waals surface area contributed by atoms with Crippen LogP contribution in [0.5, 0.6) is 0 Å². The number of rotatable bonds is 6. The van der Waals surface area contributed by atoms with E-state index < -0.39 is 0 Å². The van der Waals surface area contributed by atoms with Crippen molar-refractivity contribution in [1.29, 1.82) is 0 Å². The van der Waals surface area contributed by atoms with Gasteiger partial charge in [0.15, 0.2) is 0 Å². The molecule has 132 valence electrons. The largest absolute Gasteiger partial charge is 0.339 e. The van der Waals surface area contributed by atoms with Crippen LogP contribution in [-0.2, 0) is 9.59 Å². The zero-order chi connectivity index (χ0) is 17.4. The lowest BCUT2D eigenvalue weighted by Gasteiger charge is -2.31. The van der Waals surface area contributed by atoms with Crippen LogP contribution in [0.3, 0.4) is 0 Å². The average molecular weight is 330 g/mol. The Balaban J connectivity index is 1.97. The number of para-hydroxylation sites is 1. The summed E-state index contributed by atoms with van der Waals surface area (Å²) in [5.41, 5.74) is 0.925. The topological polar surface area (TPSA) is 40.6 Å². The molecule has 1 saturated carbocycles. The maximum absolute atomic E-state index is 12.6. The van der Waals surface area contributed by atoms with Gasteiger partial charge < -0.3 is 9.80 Å². The van der Waals surface area contributed by atoms with E-state index in [0.717, 1.165) is 18.5 Å². The molecule has 0 saturated heterocycles. The molecule has 2 rings (SSSR count). The lowest BCUT2D eigenvalue weighted by molar-refractivity contribution is -0.132. The Bertz CT molecular complexity index is 522. The Morgan fingerprint density at radius 2 is 1.67 bits per heavy atom. The summed E-state index contributed by atoms with van der Waals surface area (Å²) >= 11 is 0. The molecule has 0 bridgehead atoms. The minimum Gasteiger partial charge on any atom is -0.339 e. The Hall–Kier alpha value is -1.84. The maximum Gasteiger partial charge on any atom is 0.228 e. The van der Waals surface area contributed by atoms with E-state index in [1.807, 2.05) is 42.2 Å². The van der Waals surface area contributed by atoms with Gasteiger partial charge in [0.05, 0.1) is 0 Å². The first-order valence-corrected chi connectivity index (χ1v) is 9.26. The van der Waals surface area contributed by atoms with Gasteiger partial charge in [-0.05, 0) is 31.9 Å². The van der Waals surface area contributed by atoms with Crippen molar-refractivity contribution in [1.82, 2.24) is 4.90 Å². The molecule has 0 spiro atoms. The molecule has 0 N–H and O–H groups in total. The molecule has 2 amide bonds. The third-order valence-corrected chi connectivity index (χ3v) is 4.92. The fourth-order valence-electron chi connectivity index (χ4n) is 3.63. The number of carbonyl (C=O) groups excluding carboxylic acids is 2. The highest BCUT2D eigenvalue weighted by molar-refractivity contribution is 5.93. The first-order valence-electron chi connectivity index (χ1n) is 9.26. The second kappa shape index (κ2) is 9.45. The minimum atomic E-state index is 0.0866. The molecule has 1 fully saturated rings. The molecule has 0 aliphatic heterocycles. The molecule has 24 heavy (non-hydrogen) atoms. The Kier molecular flexibility index (Phi) is 7.29. The van der Waals surface area contributed by atoms with Crippen molar-refractivity contribution in [3.05, 3.63) is 30.3 Å². The summed E-state index contributed by atoms with van der Waals surface area (Å²) in [5.74, 6) is 0.182. The van der Waals surface area contributed by atoms with Crippen LogP contribution in [0.4, 0.5) is 5.69 Å². The van der Waals surface area contributed by atoms with Crippen LogP contribution in [0.25, 0.3) is 0 Å². The molecular weight excluding hydrogens is 300 g/mol. The quantitative estimate of drug-likeness (QED) is 0.740. The van der Waals surface area contributed by atoms with Crippen LogP contribution < -0.4 is 4.90 Å². The van der Waals surface area contributed by atoms with Crippen LogP contribution in [0.15, 0.2) is 30.3 Å². The van der Waals surface area contributed by atoms with E-state index >= 15 is 0 Å². The second-order valence-corrected chi connectivity index (χ2v) is 6.58. The molecule has 4 heteroatoms. The third kappa shape index (κ3) is 5.08. The van der Waals surface area contributed by atoms with Gasteiger partial charge in [-0.25, -0.2) is 0 Å².